The van der Waals surface area contributed by atoms with Crippen molar-refractivity contribution in [3.63, 3.8) is 0 Å². The van der Waals surface area contributed by atoms with Gasteiger partial charge in [-0.1, -0.05) is 0 Å². The topological polar surface area (TPSA) is 141 Å². The molecule has 1 saturated heterocycles. The number of hydrogen-bond acceptors (Lipinski definition) is 10. The molecule has 1 aliphatic carbocycles. The molecule has 35 heavy (non-hydrogen) atoms. The van der Waals surface area contributed by atoms with E-state index < -0.39 is 5.41 Å². The molecule has 2 fully saturated rings. The largest absolute Gasteiger partial charge is 0.489 e. The van der Waals surface area contributed by atoms with Crippen molar-refractivity contribution in [1.29, 1.82) is 5.26 Å². The van der Waals surface area contributed by atoms with E-state index >= 15 is 0 Å². The summed E-state index contributed by atoms with van der Waals surface area (Å²) in [4.78, 5) is 23.4. The molecule has 5 rings (SSSR count). The first-order valence-corrected chi connectivity index (χ1v) is 11.9. The molecule has 0 amide bonds. The van der Waals surface area contributed by atoms with Crippen LogP contribution in [0.5, 0.6) is 11.8 Å². The average molecular weight is 496 g/mol. The number of hydrogen-bond donors (Lipinski definition) is 1. The number of aryl methyl sites for hydroxylation is 1. The van der Waals surface area contributed by atoms with Crippen LogP contribution in [0.1, 0.15) is 25.7 Å². The van der Waals surface area contributed by atoms with Crippen molar-refractivity contribution < 1.29 is 9.47 Å². The Bertz CT molecular complexity index is 1250. The summed E-state index contributed by atoms with van der Waals surface area (Å²) in [5, 5.41) is 9.31. The smallest absolute Gasteiger partial charge is 0.322 e. The molecule has 0 spiro atoms. The first-order chi connectivity index (χ1) is 16.9. The van der Waals surface area contributed by atoms with Crippen LogP contribution in [0, 0.1) is 22.7 Å². The van der Waals surface area contributed by atoms with Gasteiger partial charge in [0.15, 0.2) is 11.6 Å². The third kappa shape index (κ3) is 5.38. The summed E-state index contributed by atoms with van der Waals surface area (Å²) in [6.45, 7) is 2.30. The van der Waals surface area contributed by atoms with E-state index in [1.165, 1.54) is 0 Å². The number of piperidine rings is 1. The Kier molecular flexibility index (Phi) is 6.30. The van der Waals surface area contributed by atoms with Crippen molar-refractivity contribution in [2.45, 2.75) is 25.7 Å². The number of ether oxygens (including phenoxy) is 2. The van der Waals surface area contributed by atoms with Crippen LogP contribution in [-0.4, -0.2) is 55.8 Å². The van der Waals surface area contributed by atoms with E-state index in [1.807, 2.05) is 23.9 Å². The number of aromatic nitrogens is 6. The van der Waals surface area contributed by atoms with Gasteiger partial charge in [-0.25, -0.2) is 9.97 Å². The SMILES string of the molecule is Cn1cnc(-c2cnc(N)c(OCC3CCN(c4nc(Cl)nc(OCC5(C#N)CC5)n4)CC3)c2)c1. The van der Waals surface area contributed by atoms with Gasteiger partial charge in [-0.2, -0.15) is 20.2 Å². The molecular formula is C23H26ClN9O2. The second-order valence-corrected chi connectivity index (χ2v) is 9.48. The number of anilines is 2. The number of nitrogen functional groups attached to an aromatic ring is 1. The summed E-state index contributed by atoms with van der Waals surface area (Å²) in [6.07, 6.45) is 8.81. The number of nitrogens with zero attached hydrogens (tertiary/aromatic N) is 8. The lowest BCUT2D eigenvalue weighted by atomic mass is 9.98. The van der Waals surface area contributed by atoms with E-state index in [-0.39, 0.29) is 17.9 Å². The number of imidazole rings is 1. The maximum absolute atomic E-state index is 9.23. The highest BCUT2D eigenvalue weighted by atomic mass is 35.5. The van der Waals surface area contributed by atoms with Crippen LogP contribution in [0.25, 0.3) is 11.3 Å². The van der Waals surface area contributed by atoms with E-state index in [9.17, 15) is 5.26 Å². The van der Waals surface area contributed by atoms with Gasteiger partial charge in [0.1, 0.15) is 6.61 Å². The number of halogens is 1. The normalized spacial score (nSPS) is 17.1. The Labute approximate surface area is 207 Å². The predicted molar refractivity (Wildman–Crippen MR) is 129 cm³/mol. The molecule has 11 nitrogen and oxygen atoms in total. The maximum atomic E-state index is 9.23. The van der Waals surface area contributed by atoms with Crippen molar-refractivity contribution in [3.8, 4) is 29.1 Å². The number of nitriles is 1. The molecule has 3 aromatic rings. The summed E-state index contributed by atoms with van der Waals surface area (Å²) < 4.78 is 13.6. The van der Waals surface area contributed by atoms with Gasteiger partial charge in [-0.05, 0) is 49.3 Å². The third-order valence-electron chi connectivity index (χ3n) is 6.40. The average Bonchev–Trinajstić information content (AvgIpc) is 3.53. The molecule has 0 unspecified atom stereocenters. The first kappa shape index (κ1) is 23.1. The van der Waals surface area contributed by atoms with Crippen LogP contribution >= 0.6 is 11.6 Å². The van der Waals surface area contributed by atoms with Gasteiger partial charge in [-0.3, -0.25) is 0 Å². The Morgan fingerprint density at radius 2 is 2.00 bits per heavy atom. The molecular weight excluding hydrogens is 470 g/mol. The van der Waals surface area contributed by atoms with Gasteiger partial charge in [-0.15, -0.1) is 0 Å². The van der Waals surface area contributed by atoms with Crippen molar-refractivity contribution >= 4 is 23.4 Å². The van der Waals surface area contributed by atoms with Gasteiger partial charge >= 0.3 is 6.01 Å². The Morgan fingerprint density at radius 3 is 2.69 bits per heavy atom. The molecule has 0 atom stereocenters. The second-order valence-electron chi connectivity index (χ2n) is 9.14. The lowest BCUT2D eigenvalue weighted by Crippen LogP contribution is -2.36. The standard InChI is InChI=1S/C23H26ClN9O2/c1-32-10-17(28-14-32)16-8-18(19(26)27-9-16)34-11-15-2-6-33(7-3-15)21-29-20(24)30-22(31-21)35-13-23(12-25)4-5-23/h8-10,14-15H,2-7,11,13H2,1H3,(H2,26,27). The minimum atomic E-state index is -0.409. The second kappa shape index (κ2) is 9.54. The molecule has 12 heteroatoms. The highest BCUT2D eigenvalue weighted by Gasteiger charge is 2.44. The quantitative estimate of drug-likeness (QED) is 0.495. The fourth-order valence-electron chi connectivity index (χ4n) is 3.95. The van der Waals surface area contributed by atoms with Crippen molar-refractivity contribution in [2.24, 2.45) is 18.4 Å². The van der Waals surface area contributed by atoms with Gasteiger partial charge in [0.2, 0.25) is 11.2 Å². The summed E-state index contributed by atoms with van der Waals surface area (Å²) >= 11 is 6.11. The molecule has 1 aliphatic heterocycles. The third-order valence-corrected chi connectivity index (χ3v) is 6.57. The number of nitrogens with two attached hydrogens (primary N) is 1. The Balaban J connectivity index is 1.16. The lowest BCUT2D eigenvalue weighted by molar-refractivity contribution is 0.222. The van der Waals surface area contributed by atoms with Crippen LogP contribution in [0.15, 0.2) is 24.8 Å². The van der Waals surface area contributed by atoms with E-state index in [4.69, 9.17) is 26.8 Å². The summed E-state index contributed by atoms with van der Waals surface area (Å²) in [6, 6.07) is 4.33. The molecule has 2 aliphatic rings. The van der Waals surface area contributed by atoms with E-state index in [2.05, 4.69) is 35.9 Å². The van der Waals surface area contributed by atoms with Gasteiger partial charge in [0.05, 0.1) is 30.1 Å². The van der Waals surface area contributed by atoms with Gasteiger partial charge < -0.3 is 24.7 Å². The fourth-order valence-corrected chi connectivity index (χ4v) is 4.10. The van der Waals surface area contributed by atoms with Gasteiger partial charge in [0, 0.05) is 38.1 Å². The molecule has 1 saturated carbocycles. The first-order valence-electron chi connectivity index (χ1n) is 11.5. The van der Waals surface area contributed by atoms with E-state index in [1.54, 1.807) is 12.5 Å². The van der Waals surface area contributed by atoms with Crippen LogP contribution in [-0.2, 0) is 7.05 Å². The molecule has 0 aromatic carbocycles. The molecule has 0 bridgehead atoms. The maximum Gasteiger partial charge on any atom is 0.322 e. The molecule has 3 aromatic heterocycles. The highest BCUT2D eigenvalue weighted by Crippen LogP contribution is 2.44. The van der Waals surface area contributed by atoms with Crippen molar-refractivity contribution in [2.75, 3.05) is 36.9 Å². The predicted octanol–water partition coefficient (Wildman–Crippen LogP) is 2.88. The molecule has 2 N–H and O–H groups in total. The zero-order valence-corrected chi connectivity index (χ0v) is 20.1. The van der Waals surface area contributed by atoms with Crippen LogP contribution in [0.4, 0.5) is 11.8 Å². The van der Waals surface area contributed by atoms with E-state index in [0.717, 1.165) is 50.0 Å². The lowest BCUT2D eigenvalue weighted by Gasteiger charge is -2.31. The van der Waals surface area contributed by atoms with Crippen molar-refractivity contribution in [1.82, 2.24) is 29.5 Å². The monoisotopic (exact) mass is 495 g/mol. The van der Waals surface area contributed by atoms with Crippen LogP contribution in [0.3, 0.4) is 0 Å². The summed E-state index contributed by atoms with van der Waals surface area (Å²) in [5.74, 6) is 1.76. The Hall–Kier alpha value is -3.65. The van der Waals surface area contributed by atoms with E-state index in [0.29, 0.717) is 30.0 Å². The molecule has 4 heterocycles. The minimum Gasteiger partial charge on any atom is -0.489 e. The fraction of sp³-hybridized carbons (Fsp3) is 0.478. The number of rotatable bonds is 8. The summed E-state index contributed by atoms with van der Waals surface area (Å²) in [5.41, 5.74) is 7.31. The van der Waals surface area contributed by atoms with Crippen LogP contribution in [0.2, 0.25) is 5.28 Å². The summed E-state index contributed by atoms with van der Waals surface area (Å²) in [7, 11) is 1.92. The zero-order valence-electron chi connectivity index (χ0n) is 19.4. The molecule has 0 radical (unpaired) electrons. The van der Waals surface area contributed by atoms with Gasteiger partial charge in [0.25, 0.3) is 0 Å². The number of pyridine rings is 1. The highest BCUT2D eigenvalue weighted by molar-refractivity contribution is 6.28. The minimum absolute atomic E-state index is 0.0769. The zero-order chi connectivity index (χ0) is 24.4. The molecule has 182 valence electrons. The van der Waals surface area contributed by atoms with Crippen molar-refractivity contribution in [3.05, 3.63) is 30.1 Å². The Morgan fingerprint density at radius 1 is 1.20 bits per heavy atom. The van der Waals surface area contributed by atoms with Crippen LogP contribution < -0.4 is 20.1 Å².